The largest absolute Gasteiger partial charge is 0.293 e. The number of aryl methyl sites for hydroxylation is 1. The Morgan fingerprint density at radius 1 is 1.17 bits per heavy atom. The van der Waals surface area contributed by atoms with Gasteiger partial charge < -0.3 is 0 Å². The lowest BCUT2D eigenvalue weighted by molar-refractivity contribution is -0.123. The molecule has 24 heavy (non-hydrogen) atoms. The highest BCUT2D eigenvalue weighted by Gasteiger charge is 2.35. The molecule has 2 aromatic carbocycles. The molecule has 0 bridgehead atoms. The highest BCUT2D eigenvalue weighted by atomic mass is 35.5. The number of carbonyl (C=O) groups is 2. The van der Waals surface area contributed by atoms with Crippen molar-refractivity contribution in [1.82, 2.24) is 4.90 Å². The summed E-state index contributed by atoms with van der Waals surface area (Å²) in [5, 5.41) is -0.178. The van der Waals surface area contributed by atoms with Crippen molar-refractivity contribution in [2.45, 2.75) is 13.5 Å². The number of nitrogens with zero attached hydrogens (tertiary/aromatic N) is 1. The first-order valence-electron chi connectivity index (χ1n) is 7.21. The summed E-state index contributed by atoms with van der Waals surface area (Å²) in [6.07, 6.45) is 1.33. The van der Waals surface area contributed by atoms with Crippen molar-refractivity contribution in [3.8, 4) is 0 Å². The summed E-state index contributed by atoms with van der Waals surface area (Å²) in [4.78, 5) is 26.0. The summed E-state index contributed by atoms with van der Waals surface area (Å²) in [5.41, 5.74) is 2.00. The van der Waals surface area contributed by atoms with Crippen LogP contribution in [0.15, 0.2) is 47.4 Å². The Bertz CT molecular complexity index is 846. The number of hydrogen-bond acceptors (Lipinski definition) is 3. The number of halogens is 2. The molecule has 6 heteroatoms. The highest BCUT2D eigenvalue weighted by Crippen LogP contribution is 2.35. The molecule has 0 spiro atoms. The van der Waals surface area contributed by atoms with Gasteiger partial charge in [-0.05, 0) is 48.0 Å². The number of carbonyl (C=O) groups excluding carboxylic acids is 2. The van der Waals surface area contributed by atoms with Crippen molar-refractivity contribution in [3.63, 3.8) is 0 Å². The van der Waals surface area contributed by atoms with E-state index in [-0.39, 0.29) is 27.3 Å². The molecule has 0 saturated carbocycles. The van der Waals surface area contributed by atoms with Gasteiger partial charge in [-0.2, -0.15) is 0 Å². The number of rotatable bonds is 3. The molecule has 1 aliphatic heterocycles. The molecule has 1 aliphatic rings. The van der Waals surface area contributed by atoms with Gasteiger partial charge in [0.1, 0.15) is 5.82 Å². The third-order valence-electron chi connectivity index (χ3n) is 3.74. The summed E-state index contributed by atoms with van der Waals surface area (Å²) >= 11 is 6.77. The van der Waals surface area contributed by atoms with Crippen LogP contribution < -0.4 is 0 Å². The Labute approximate surface area is 148 Å². The molecule has 0 radical (unpaired) electrons. The Hall–Kier alpha value is -2.11. The maximum atomic E-state index is 13.9. The van der Waals surface area contributed by atoms with Crippen LogP contribution in [0.4, 0.5) is 9.18 Å². The van der Waals surface area contributed by atoms with E-state index >= 15 is 0 Å². The number of amides is 2. The van der Waals surface area contributed by atoms with E-state index in [1.807, 2.05) is 31.2 Å². The first-order valence-corrected chi connectivity index (χ1v) is 8.40. The first-order chi connectivity index (χ1) is 11.5. The Morgan fingerprint density at radius 3 is 2.62 bits per heavy atom. The predicted octanol–water partition coefficient (Wildman–Crippen LogP) is 5.02. The zero-order valence-electron chi connectivity index (χ0n) is 12.8. The topological polar surface area (TPSA) is 37.4 Å². The highest BCUT2D eigenvalue weighted by molar-refractivity contribution is 8.18. The van der Waals surface area contributed by atoms with Crippen molar-refractivity contribution in [1.29, 1.82) is 0 Å². The minimum atomic E-state index is -0.534. The fraction of sp³-hybridized carbons (Fsp3) is 0.111. The van der Waals surface area contributed by atoms with E-state index in [1.54, 1.807) is 0 Å². The van der Waals surface area contributed by atoms with Crippen molar-refractivity contribution < 1.29 is 14.0 Å². The molecule has 3 rings (SSSR count). The molecule has 1 fully saturated rings. The van der Waals surface area contributed by atoms with Crippen molar-refractivity contribution in [2.75, 3.05) is 0 Å². The van der Waals surface area contributed by atoms with Crippen LogP contribution in [0.2, 0.25) is 5.02 Å². The van der Waals surface area contributed by atoms with Gasteiger partial charge in [0.25, 0.3) is 11.1 Å². The third-order valence-corrected chi connectivity index (χ3v) is 4.98. The fourth-order valence-corrected chi connectivity index (χ4v) is 3.41. The van der Waals surface area contributed by atoms with Gasteiger partial charge in [0.15, 0.2) is 0 Å². The van der Waals surface area contributed by atoms with Crippen LogP contribution in [-0.2, 0) is 11.3 Å². The van der Waals surface area contributed by atoms with Gasteiger partial charge in [-0.3, -0.25) is 14.5 Å². The summed E-state index contributed by atoms with van der Waals surface area (Å²) in [7, 11) is 0. The normalized spacial score (nSPS) is 16.3. The van der Waals surface area contributed by atoms with Gasteiger partial charge in [-0.1, -0.05) is 41.9 Å². The first kappa shape index (κ1) is 16.7. The van der Waals surface area contributed by atoms with Gasteiger partial charge in [0.05, 0.1) is 16.5 Å². The van der Waals surface area contributed by atoms with Gasteiger partial charge in [0.2, 0.25) is 0 Å². The van der Waals surface area contributed by atoms with Gasteiger partial charge in [0, 0.05) is 5.56 Å². The molecule has 122 valence electrons. The lowest BCUT2D eigenvalue weighted by Gasteiger charge is -2.14. The van der Waals surface area contributed by atoms with Crippen LogP contribution in [0.5, 0.6) is 0 Å². The molecule has 0 aromatic heterocycles. The molecule has 3 nitrogen and oxygen atoms in total. The second-order valence-electron chi connectivity index (χ2n) is 5.33. The smallest absolute Gasteiger partial charge is 0.268 e. The zero-order valence-corrected chi connectivity index (χ0v) is 14.3. The monoisotopic (exact) mass is 361 g/mol. The fourth-order valence-electron chi connectivity index (χ4n) is 2.37. The van der Waals surface area contributed by atoms with Gasteiger partial charge in [-0.25, -0.2) is 4.39 Å². The van der Waals surface area contributed by atoms with E-state index in [9.17, 15) is 14.0 Å². The van der Waals surface area contributed by atoms with E-state index in [4.69, 9.17) is 11.6 Å². The number of benzene rings is 2. The summed E-state index contributed by atoms with van der Waals surface area (Å²) in [5.74, 6) is -0.972. The summed E-state index contributed by atoms with van der Waals surface area (Å²) < 4.78 is 13.9. The van der Waals surface area contributed by atoms with Crippen molar-refractivity contribution >= 4 is 40.6 Å². The maximum absolute atomic E-state index is 13.9. The van der Waals surface area contributed by atoms with Crippen LogP contribution in [-0.4, -0.2) is 16.0 Å². The van der Waals surface area contributed by atoms with Crippen LogP contribution in [0, 0.1) is 12.7 Å². The molecule has 0 atom stereocenters. The molecule has 0 unspecified atom stereocenters. The Morgan fingerprint density at radius 2 is 1.92 bits per heavy atom. The zero-order chi connectivity index (χ0) is 17.3. The van der Waals surface area contributed by atoms with E-state index < -0.39 is 11.7 Å². The van der Waals surface area contributed by atoms with Crippen LogP contribution in [0.25, 0.3) is 6.08 Å². The average molecular weight is 362 g/mol. The van der Waals surface area contributed by atoms with E-state index in [2.05, 4.69) is 0 Å². The molecule has 0 N–H and O–H groups in total. The number of imide groups is 1. The average Bonchev–Trinajstić information content (AvgIpc) is 2.80. The van der Waals surface area contributed by atoms with Crippen LogP contribution in [0.1, 0.15) is 16.7 Å². The minimum absolute atomic E-state index is 0.112. The molecule has 1 saturated heterocycles. The van der Waals surface area contributed by atoms with Gasteiger partial charge in [-0.15, -0.1) is 0 Å². The summed E-state index contributed by atoms with van der Waals surface area (Å²) in [6.45, 7) is 2.11. The predicted molar refractivity (Wildman–Crippen MR) is 94.1 cm³/mol. The second-order valence-corrected chi connectivity index (χ2v) is 6.73. The molecular weight excluding hydrogens is 349 g/mol. The minimum Gasteiger partial charge on any atom is -0.268 e. The van der Waals surface area contributed by atoms with E-state index in [0.29, 0.717) is 0 Å². The molecule has 2 amide bonds. The number of hydrogen-bond donors (Lipinski definition) is 0. The van der Waals surface area contributed by atoms with Crippen LogP contribution >= 0.6 is 23.4 Å². The summed E-state index contributed by atoms with van der Waals surface area (Å²) in [6, 6.07) is 11.8. The standard InChI is InChI=1S/C18H13ClFNO2S/c1-11-5-2-3-6-12(11)10-21-17(22)16(24-18(21)23)9-13-14(19)7-4-8-15(13)20/h2-9H,10H2,1H3/b16-9-. The quantitative estimate of drug-likeness (QED) is 0.720. The van der Waals surface area contributed by atoms with Crippen molar-refractivity contribution in [3.05, 3.63) is 74.9 Å². The van der Waals surface area contributed by atoms with E-state index in [0.717, 1.165) is 27.8 Å². The molecule has 2 aromatic rings. The molecule has 0 aliphatic carbocycles. The lowest BCUT2D eigenvalue weighted by Crippen LogP contribution is -2.27. The van der Waals surface area contributed by atoms with Crippen LogP contribution in [0.3, 0.4) is 0 Å². The Balaban J connectivity index is 1.89. The number of thioether (sulfide) groups is 1. The van der Waals surface area contributed by atoms with E-state index in [1.165, 1.54) is 24.3 Å². The molecule has 1 heterocycles. The maximum Gasteiger partial charge on any atom is 0.293 e. The third kappa shape index (κ3) is 3.23. The SMILES string of the molecule is Cc1ccccc1CN1C(=O)S/C(=C\c2c(F)cccc2Cl)C1=O. The van der Waals surface area contributed by atoms with Gasteiger partial charge >= 0.3 is 0 Å². The van der Waals surface area contributed by atoms with Crippen molar-refractivity contribution in [2.24, 2.45) is 0 Å². The second kappa shape index (κ2) is 6.79. The molecular formula is C18H13ClFNO2S. The lowest BCUT2D eigenvalue weighted by atomic mass is 10.1. The Kier molecular flexibility index (Phi) is 4.73.